The molecule has 1 aromatic carbocycles. The number of rotatable bonds is 4. The highest BCUT2D eigenvalue weighted by Crippen LogP contribution is 2.33. The first kappa shape index (κ1) is 21.2. The summed E-state index contributed by atoms with van der Waals surface area (Å²) in [4.78, 5) is 27.8. The lowest BCUT2D eigenvalue weighted by atomic mass is 9.80. The fourth-order valence-electron chi connectivity index (χ4n) is 4.95. The summed E-state index contributed by atoms with van der Waals surface area (Å²) in [5.74, 6) is -3.42. The third-order valence-electron chi connectivity index (χ3n) is 6.80. The summed E-state index contributed by atoms with van der Waals surface area (Å²) < 4.78 is 29.6. The summed E-state index contributed by atoms with van der Waals surface area (Å²) in [6.07, 6.45) is 2.57. The van der Waals surface area contributed by atoms with Gasteiger partial charge in [-0.2, -0.15) is 0 Å². The van der Waals surface area contributed by atoms with E-state index >= 15 is 0 Å². The average Bonchev–Trinajstić information content (AvgIpc) is 2.70. The zero-order valence-corrected chi connectivity index (χ0v) is 17.5. The van der Waals surface area contributed by atoms with E-state index in [0.29, 0.717) is 24.2 Å². The van der Waals surface area contributed by atoms with Crippen LogP contribution >= 0.6 is 0 Å². The summed E-state index contributed by atoms with van der Waals surface area (Å²) in [5, 5.41) is 5.58. The maximum atomic E-state index is 14.8. The molecule has 3 heterocycles. The number of nitrogens with one attached hydrogen (secondary N) is 2. The zero-order valence-electron chi connectivity index (χ0n) is 17.5. The Bertz CT molecular complexity index is 794. The number of benzene rings is 1. The Morgan fingerprint density at radius 3 is 2.30 bits per heavy atom. The van der Waals surface area contributed by atoms with E-state index in [4.69, 9.17) is 0 Å². The number of piperidine rings is 2. The number of carbonyl (C=O) groups is 2. The minimum atomic E-state index is -0.959. The summed E-state index contributed by atoms with van der Waals surface area (Å²) in [7, 11) is 0. The van der Waals surface area contributed by atoms with Crippen LogP contribution in [0.3, 0.4) is 0 Å². The molecule has 0 aliphatic carbocycles. The molecule has 0 saturated carbocycles. The maximum Gasteiger partial charge on any atom is 0.234 e. The molecule has 3 saturated heterocycles. The molecule has 2 N–H and O–H groups in total. The highest BCUT2D eigenvalue weighted by Gasteiger charge is 2.34. The molecule has 3 aliphatic rings. The van der Waals surface area contributed by atoms with Gasteiger partial charge < -0.3 is 10.2 Å². The molecule has 1 aromatic rings. The van der Waals surface area contributed by atoms with Gasteiger partial charge >= 0.3 is 0 Å². The monoisotopic (exact) mass is 420 g/mol. The number of halogens is 2. The first-order valence-corrected chi connectivity index (χ1v) is 10.9. The normalized spacial score (nSPS) is 25.3. The van der Waals surface area contributed by atoms with E-state index in [0.717, 1.165) is 32.7 Å². The molecule has 2 amide bonds. The molecule has 30 heavy (non-hydrogen) atoms. The van der Waals surface area contributed by atoms with Crippen molar-refractivity contribution in [3.63, 3.8) is 0 Å². The molecule has 1 unspecified atom stereocenters. The van der Waals surface area contributed by atoms with Gasteiger partial charge in [0.25, 0.3) is 0 Å². The summed E-state index contributed by atoms with van der Waals surface area (Å²) in [6, 6.07) is 2.65. The van der Waals surface area contributed by atoms with Crippen molar-refractivity contribution in [1.29, 1.82) is 0 Å². The Balaban J connectivity index is 1.41. The van der Waals surface area contributed by atoms with Gasteiger partial charge in [0.2, 0.25) is 11.8 Å². The fourth-order valence-corrected chi connectivity index (χ4v) is 4.95. The zero-order chi connectivity index (χ0) is 21.3. The fraction of sp³-hybridized carbons (Fsp3) is 0.636. The molecule has 164 valence electrons. The lowest BCUT2D eigenvalue weighted by Gasteiger charge is -2.42. The van der Waals surface area contributed by atoms with Gasteiger partial charge in [0.15, 0.2) is 0 Å². The molecular formula is C22H30F2N4O2. The van der Waals surface area contributed by atoms with E-state index in [-0.39, 0.29) is 18.4 Å². The second-order valence-electron chi connectivity index (χ2n) is 9.15. The Morgan fingerprint density at radius 2 is 1.70 bits per heavy atom. The SMILES string of the molecule is CC1(CN2CCN(c3cc(F)c(C4CCC(=O)NC4=O)c(F)c3)CC2)CCNCC1. The van der Waals surface area contributed by atoms with Crippen LogP contribution in [-0.4, -0.2) is 62.5 Å². The third kappa shape index (κ3) is 4.49. The van der Waals surface area contributed by atoms with E-state index in [1.165, 1.54) is 25.0 Å². The van der Waals surface area contributed by atoms with Gasteiger partial charge in [-0.05, 0) is 49.9 Å². The van der Waals surface area contributed by atoms with Gasteiger partial charge in [-0.25, -0.2) is 8.78 Å². The third-order valence-corrected chi connectivity index (χ3v) is 6.80. The first-order chi connectivity index (χ1) is 14.3. The van der Waals surface area contributed by atoms with Crippen molar-refractivity contribution in [3.05, 3.63) is 29.3 Å². The van der Waals surface area contributed by atoms with E-state index in [1.807, 2.05) is 4.90 Å². The maximum absolute atomic E-state index is 14.8. The molecule has 0 spiro atoms. The molecular weight excluding hydrogens is 390 g/mol. The number of piperazine rings is 1. The number of nitrogens with zero attached hydrogens (tertiary/aromatic N) is 2. The topological polar surface area (TPSA) is 64.7 Å². The number of imide groups is 1. The molecule has 6 nitrogen and oxygen atoms in total. The van der Waals surface area contributed by atoms with Crippen LogP contribution in [0.25, 0.3) is 0 Å². The molecule has 0 bridgehead atoms. The molecule has 3 fully saturated rings. The van der Waals surface area contributed by atoms with Gasteiger partial charge in [0.05, 0.1) is 5.92 Å². The van der Waals surface area contributed by atoms with Crippen LogP contribution in [0, 0.1) is 17.0 Å². The summed E-state index contributed by atoms with van der Waals surface area (Å²) in [6.45, 7) is 8.68. The Hall–Kier alpha value is -2.06. The van der Waals surface area contributed by atoms with Gasteiger partial charge in [0.1, 0.15) is 11.6 Å². The average molecular weight is 421 g/mol. The van der Waals surface area contributed by atoms with Crippen molar-refractivity contribution >= 4 is 17.5 Å². The lowest BCUT2D eigenvalue weighted by molar-refractivity contribution is -0.134. The van der Waals surface area contributed by atoms with Crippen LogP contribution in [0.2, 0.25) is 0 Å². The van der Waals surface area contributed by atoms with Crippen molar-refractivity contribution < 1.29 is 18.4 Å². The van der Waals surface area contributed by atoms with Crippen LogP contribution < -0.4 is 15.5 Å². The number of anilines is 1. The predicted octanol–water partition coefficient (Wildman–Crippen LogP) is 2.00. The van der Waals surface area contributed by atoms with E-state index < -0.39 is 29.4 Å². The second-order valence-corrected chi connectivity index (χ2v) is 9.15. The van der Waals surface area contributed by atoms with Crippen molar-refractivity contribution in [1.82, 2.24) is 15.5 Å². The summed E-state index contributed by atoms with van der Waals surface area (Å²) in [5.41, 5.74) is 0.602. The molecule has 4 rings (SSSR count). The van der Waals surface area contributed by atoms with Crippen LogP contribution in [0.1, 0.15) is 44.1 Å². The van der Waals surface area contributed by atoms with Crippen molar-refractivity contribution in [2.75, 3.05) is 50.7 Å². The molecule has 1 atom stereocenters. The highest BCUT2D eigenvalue weighted by molar-refractivity contribution is 6.01. The quantitative estimate of drug-likeness (QED) is 0.730. The smallest absolute Gasteiger partial charge is 0.234 e. The Labute approximate surface area is 176 Å². The largest absolute Gasteiger partial charge is 0.369 e. The van der Waals surface area contributed by atoms with Crippen LogP contribution in [-0.2, 0) is 9.59 Å². The van der Waals surface area contributed by atoms with E-state index in [2.05, 4.69) is 22.5 Å². The van der Waals surface area contributed by atoms with Crippen molar-refractivity contribution in [3.8, 4) is 0 Å². The number of hydrogen-bond acceptors (Lipinski definition) is 5. The minimum Gasteiger partial charge on any atom is -0.369 e. The van der Waals surface area contributed by atoms with Crippen molar-refractivity contribution in [2.24, 2.45) is 5.41 Å². The van der Waals surface area contributed by atoms with Crippen LogP contribution in [0.15, 0.2) is 12.1 Å². The van der Waals surface area contributed by atoms with Gasteiger partial charge in [-0.3, -0.25) is 19.8 Å². The molecule has 3 aliphatic heterocycles. The Morgan fingerprint density at radius 1 is 1.07 bits per heavy atom. The van der Waals surface area contributed by atoms with Gasteiger partial charge in [0, 0.05) is 50.4 Å². The minimum absolute atomic E-state index is 0.0913. The lowest BCUT2D eigenvalue weighted by Crippen LogP contribution is -2.51. The van der Waals surface area contributed by atoms with Gasteiger partial charge in [-0.15, -0.1) is 0 Å². The van der Waals surface area contributed by atoms with E-state index in [1.54, 1.807) is 0 Å². The Kier molecular flexibility index (Phi) is 6.06. The first-order valence-electron chi connectivity index (χ1n) is 10.9. The molecule has 8 heteroatoms. The summed E-state index contributed by atoms with van der Waals surface area (Å²) >= 11 is 0. The standard InChI is InChI=1S/C22H30F2N4O2/c1-22(4-6-25-7-5-22)14-27-8-10-28(11-9-27)15-12-17(23)20(18(24)13-15)16-2-3-19(29)26-21(16)30/h12-13,16,25H,2-11,14H2,1H3,(H,26,29,30). The van der Waals surface area contributed by atoms with Crippen LogP contribution in [0.4, 0.5) is 14.5 Å². The van der Waals surface area contributed by atoms with Crippen LogP contribution in [0.5, 0.6) is 0 Å². The van der Waals surface area contributed by atoms with Gasteiger partial charge in [-0.1, -0.05) is 6.92 Å². The predicted molar refractivity (Wildman–Crippen MR) is 110 cm³/mol. The second kappa shape index (κ2) is 8.59. The highest BCUT2D eigenvalue weighted by atomic mass is 19.1. The molecule has 0 aromatic heterocycles. The number of hydrogen-bond donors (Lipinski definition) is 2. The number of carbonyl (C=O) groups excluding carboxylic acids is 2. The van der Waals surface area contributed by atoms with Crippen molar-refractivity contribution in [2.45, 2.75) is 38.5 Å². The number of amides is 2. The van der Waals surface area contributed by atoms with E-state index in [9.17, 15) is 18.4 Å². The molecule has 0 radical (unpaired) electrons.